The second kappa shape index (κ2) is 8.47. The minimum absolute atomic E-state index is 0.506. The van der Waals surface area contributed by atoms with Crippen molar-refractivity contribution in [2.75, 3.05) is 31.1 Å². The molecule has 1 saturated carbocycles. The average molecular weight is 406 g/mol. The van der Waals surface area contributed by atoms with E-state index in [0.717, 1.165) is 80.2 Å². The van der Waals surface area contributed by atoms with Gasteiger partial charge >= 0.3 is 0 Å². The summed E-state index contributed by atoms with van der Waals surface area (Å²) < 4.78 is 5.41. The van der Waals surface area contributed by atoms with Crippen LogP contribution in [-0.2, 0) is 13.0 Å². The molecule has 3 aromatic heterocycles. The van der Waals surface area contributed by atoms with Gasteiger partial charge in [0.25, 0.3) is 0 Å². The van der Waals surface area contributed by atoms with Crippen LogP contribution in [0.1, 0.15) is 49.5 Å². The minimum Gasteiger partial charge on any atom is -0.355 e. The van der Waals surface area contributed by atoms with Gasteiger partial charge in [-0.1, -0.05) is 12.1 Å². The lowest BCUT2D eigenvalue weighted by Gasteiger charge is -2.23. The molecule has 1 saturated heterocycles. The van der Waals surface area contributed by atoms with Crippen molar-refractivity contribution < 1.29 is 4.52 Å². The van der Waals surface area contributed by atoms with Crippen molar-refractivity contribution in [2.24, 2.45) is 0 Å². The van der Waals surface area contributed by atoms with Gasteiger partial charge in [0.15, 0.2) is 11.6 Å². The van der Waals surface area contributed by atoms with Crippen molar-refractivity contribution in [1.29, 1.82) is 0 Å². The second-order valence-electron chi connectivity index (χ2n) is 8.07. The topological polar surface area (TPSA) is 84.1 Å². The quantitative estimate of drug-likeness (QED) is 0.619. The number of anilines is 1. The highest BCUT2D eigenvalue weighted by Crippen LogP contribution is 2.38. The summed E-state index contributed by atoms with van der Waals surface area (Å²) in [4.78, 5) is 23.1. The molecule has 0 bridgehead atoms. The first-order chi connectivity index (χ1) is 14.8. The predicted octanol–water partition coefficient (Wildman–Crippen LogP) is 3.07. The zero-order chi connectivity index (χ0) is 20.3. The second-order valence-corrected chi connectivity index (χ2v) is 8.07. The summed E-state index contributed by atoms with van der Waals surface area (Å²) in [5.41, 5.74) is 2.06. The van der Waals surface area contributed by atoms with Crippen LogP contribution in [0, 0.1) is 0 Å². The Kier molecular flexibility index (Phi) is 5.40. The van der Waals surface area contributed by atoms with Crippen LogP contribution >= 0.6 is 0 Å². The summed E-state index contributed by atoms with van der Waals surface area (Å²) in [6.07, 6.45) is 7.89. The van der Waals surface area contributed by atoms with E-state index < -0.39 is 0 Å². The predicted molar refractivity (Wildman–Crippen MR) is 113 cm³/mol. The van der Waals surface area contributed by atoms with E-state index in [0.29, 0.717) is 5.92 Å². The number of rotatable bonds is 6. The SMILES string of the molecule is CCc1cc(N2CCCN(Cc3noc(C4CC4)n3)CC2)nc(-c2ccncc2)n1. The lowest BCUT2D eigenvalue weighted by Crippen LogP contribution is -2.31. The summed E-state index contributed by atoms with van der Waals surface area (Å²) in [7, 11) is 0. The molecule has 0 unspecified atom stereocenters. The van der Waals surface area contributed by atoms with Crippen molar-refractivity contribution in [1.82, 2.24) is 30.0 Å². The Morgan fingerprint density at radius 3 is 2.70 bits per heavy atom. The van der Waals surface area contributed by atoms with Gasteiger partial charge in [0.2, 0.25) is 5.89 Å². The molecule has 156 valence electrons. The van der Waals surface area contributed by atoms with Crippen LogP contribution in [0.3, 0.4) is 0 Å². The van der Waals surface area contributed by atoms with E-state index in [2.05, 4.69) is 37.9 Å². The molecule has 0 amide bonds. The molecule has 1 aliphatic heterocycles. The molecule has 8 nitrogen and oxygen atoms in total. The van der Waals surface area contributed by atoms with E-state index in [9.17, 15) is 0 Å². The Balaban J connectivity index is 1.29. The van der Waals surface area contributed by atoms with Gasteiger partial charge in [0.1, 0.15) is 5.82 Å². The molecule has 3 aromatic rings. The normalized spacial score (nSPS) is 17.8. The summed E-state index contributed by atoms with van der Waals surface area (Å²) in [6, 6.07) is 6.05. The van der Waals surface area contributed by atoms with Gasteiger partial charge in [-0.05, 0) is 37.8 Å². The minimum atomic E-state index is 0.506. The Morgan fingerprint density at radius 2 is 1.90 bits per heavy atom. The van der Waals surface area contributed by atoms with Crippen molar-refractivity contribution in [3.05, 3.63) is 48.0 Å². The van der Waals surface area contributed by atoms with Crippen LogP contribution < -0.4 is 4.90 Å². The molecule has 1 aliphatic carbocycles. The molecule has 2 aliphatic rings. The van der Waals surface area contributed by atoms with Crippen molar-refractivity contribution >= 4 is 5.82 Å². The molecule has 2 fully saturated rings. The first kappa shape index (κ1) is 19.1. The number of hydrogen-bond acceptors (Lipinski definition) is 8. The van der Waals surface area contributed by atoms with Gasteiger partial charge in [-0.2, -0.15) is 4.98 Å². The van der Waals surface area contributed by atoms with Crippen LogP contribution in [0.15, 0.2) is 35.1 Å². The molecule has 30 heavy (non-hydrogen) atoms. The number of aromatic nitrogens is 5. The van der Waals surface area contributed by atoms with Gasteiger partial charge < -0.3 is 9.42 Å². The van der Waals surface area contributed by atoms with E-state index in [1.807, 2.05) is 12.1 Å². The molecule has 0 atom stereocenters. The van der Waals surface area contributed by atoms with Crippen molar-refractivity contribution in [2.45, 2.75) is 45.1 Å². The zero-order valence-corrected chi connectivity index (χ0v) is 17.4. The van der Waals surface area contributed by atoms with E-state index >= 15 is 0 Å². The van der Waals surface area contributed by atoms with Gasteiger partial charge in [0, 0.05) is 61.8 Å². The molecule has 4 heterocycles. The molecule has 8 heteroatoms. The standard InChI is InChI=1S/C22H27N7O/c1-2-18-14-20(26-21(24-18)16-6-8-23-9-7-16)29-11-3-10-28(12-13-29)15-19-25-22(30-27-19)17-4-5-17/h6-9,14,17H,2-5,10-13,15H2,1H3. The number of hydrogen-bond donors (Lipinski definition) is 0. The third-order valence-electron chi connectivity index (χ3n) is 5.75. The van der Waals surface area contributed by atoms with E-state index in [-0.39, 0.29) is 0 Å². The number of pyridine rings is 1. The molecule has 0 aromatic carbocycles. The monoisotopic (exact) mass is 405 g/mol. The summed E-state index contributed by atoms with van der Waals surface area (Å²) in [6.45, 7) is 6.75. The van der Waals surface area contributed by atoms with Crippen LogP contribution in [0.4, 0.5) is 5.82 Å². The van der Waals surface area contributed by atoms with Crippen LogP contribution in [0.25, 0.3) is 11.4 Å². The largest absolute Gasteiger partial charge is 0.355 e. The van der Waals surface area contributed by atoms with E-state index in [1.54, 1.807) is 12.4 Å². The Bertz CT molecular complexity index is 986. The lowest BCUT2D eigenvalue weighted by atomic mass is 10.2. The van der Waals surface area contributed by atoms with Gasteiger partial charge in [-0.15, -0.1) is 0 Å². The average Bonchev–Trinajstić information content (AvgIpc) is 3.58. The number of nitrogens with zero attached hydrogens (tertiary/aromatic N) is 7. The maximum absolute atomic E-state index is 5.41. The fourth-order valence-corrected chi connectivity index (χ4v) is 3.84. The fourth-order valence-electron chi connectivity index (χ4n) is 3.84. The molecular formula is C22H27N7O. The maximum atomic E-state index is 5.41. The summed E-state index contributed by atoms with van der Waals surface area (Å²) in [5.74, 6) is 3.91. The zero-order valence-electron chi connectivity index (χ0n) is 17.4. The third-order valence-corrected chi connectivity index (χ3v) is 5.75. The first-order valence-corrected chi connectivity index (χ1v) is 10.9. The summed E-state index contributed by atoms with van der Waals surface area (Å²) >= 11 is 0. The molecular weight excluding hydrogens is 378 g/mol. The molecule has 0 spiro atoms. The molecule has 5 rings (SSSR count). The highest BCUT2D eigenvalue weighted by atomic mass is 16.5. The third kappa shape index (κ3) is 4.33. The van der Waals surface area contributed by atoms with Crippen molar-refractivity contribution in [3.8, 4) is 11.4 Å². The number of aryl methyl sites for hydroxylation is 1. The molecule has 0 N–H and O–H groups in total. The first-order valence-electron chi connectivity index (χ1n) is 10.9. The van der Waals surface area contributed by atoms with E-state index in [4.69, 9.17) is 14.5 Å². The summed E-state index contributed by atoms with van der Waals surface area (Å²) in [5, 5.41) is 4.18. The highest BCUT2D eigenvalue weighted by Gasteiger charge is 2.30. The van der Waals surface area contributed by atoms with Gasteiger partial charge in [0.05, 0.1) is 6.54 Å². The smallest absolute Gasteiger partial charge is 0.229 e. The van der Waals surface area contributed by atoms with Crippen molar-refractivity contribution in [3.63, 3.8) is 0 Å². The van der Waals surface area contributed by atoms with Crippen LogP contribution in [0.5, 0.6) is 0 Å². The fraction of sp³-hybridized carbons (Fsp3) is 0.500. The molecule has 0 radical (unpaired) electrons. The van der Waals surface area contributed by atoms with Crippen LogP contribution in [-0.4, -0.2) is 56.2 Å². The van der Waals surface area contributed by atoms with Crippen LogP contribution in [0.2, 0.25) is 0 Å². The Morgan fingerprint density at radius 1 is 1.03 bits per heavy atom. The lowest BCUT2D eigenvalue weighted by molar-refractivity contribution is 0.271. The Labute approximate surface area is 176 Å². The van der Waals surface area contributed by atoms with Gasteiger partial charge in [-0.25, -0.2) is 9.97 Å². The van der Waals surface area contributed by atoms with E-state index in [1.165, 1.54) is 12.8 Å². The van der Waals surface area contributed by atoms with Gasteiger partial charge in [-0.3, -0.25) is 9.88 Å². The Hall–Kier alpha value is -2.87. The highest BCUT2D eigenvalue weighted by molar-refractivity contribution is 5.57. The maximum Gasteiger partial charge on any atom is 0.229 e.